The maximum Gasteiger partial charge on any atom is 0.0125 e. The molecule has 3 fully saturated rings. The Kier molecular flexibility index (Phi) is 4.81. The van der Waals surface area contributed by atoms with Gasteiger partial charge in [-0.1, -0.05) is 32.6 Å². The van der Waals surface area contributed by atoms with E-state index in [0.29, 0.717) is 0 Å². The number of rotatable bonds is 4. The molecule has 2 bridgehead atoms. The van der Waals surface area contributed by atoms with Crippen LogP contribution in [0.3, 0.4) is 0 Å². The zero-order chi connectivity index (χ0) is 13.1. The van der Waals surface area contributed by atoms with Gasteiger partial charge < -0.3 is 10.2 Å². The van der Waals surface area contributed by atoms with E-state index < -0.39 is 0 Å². The highest BCUT2D eigenvalue weighted by Crippen LogP contribution is 2.31. The van der Waals surface area contributed by atoms with Crippen LogP contribution in [-0.4, -0.2) is 36.1 Å². The molecular weight excluding hydrogens is 232 g/mol. The average molecular weight is 264 g/mol. The molecule has 2 atom stereocenters. The van der Waals surface area contributed by atoms with Gasteiger partial charge in [-0.2, -0.15) is 0 Å². The summed E-state index contributed by atoms with van der Waals surface area (Å²) in [5.74, 6) is 0.995. The molecule has 1 aliphatic carbocycles. The number of hydrogen-bond acceptors (Lipinski definition) is 2. The molecule has 0 aromatic rings. The highest BCUT2D eigenvalue weighted by molar-refractivity contribution is 4.95. The molecule has 2 heterocycles. The second-order valence-corrected chi connectivity index (χ2v) is 7.21. The van der Waals surface area contributed by atoms with Gasteiger partial charge in [0.25, 0.3) is 0 Å². The molecule has 3 rings (SSSR count). The zero-order valence-electron chi connectivity index (χ0n) is 12.7. The Labute approximate surface area is 119 Å². The topological polar surface area (TPSA) is 15.3 Å². The molecule has 0 aromatic carbocycles. The molecule has 0 aromatic heterocycles. The van der Waals surface area contributed by atoms with Crippen molar-refractivity contribution in [2.24, 2.45) is 5.92 Å². The molecule has 2 unspecified atom stereocenters. The smallest absolute Gasteiger partial charge is 0.0125 e. The van der Waals surface area contributed by atoms with Gasteiger partial charge in [-0.3, -0.25) is 0 Å². The van der Waals surface area contributed by atoms with E-state index in [1.54, 1.807) is 0 Å². The average Bonchev–Trinajstić information content (AvgIpc) is 2.66. The second kappa shape index (κ2) is 6.58. The molecule has 0 spiro atoms. The largest absolute Gasteiger partial charge is 0.311 e. The van der Waals surface area contributed by atoms with Crippen molar-refractivity contribution >= 4 is 0 Å². The van der Waals surface area contributed by atoms with Crippen LogP contribution in [0.25, 0.3) is 0 Å². The molecule has 1 saturated carbocycles. The summed E-state index contributed by atoms with van der Waals surface area (Å²) in [7, 11) is 0. The van der Waals surface area contributed by atoms with Crippen LogP contribution in [0.15, 0.2) is 0 Å². The number of fused-ring (bicyclic) bond motifs is 2. The van der Waals surface area contributed by atoms with Gasteiger partial charge in [0.05, 0.1) is 0 Å². The van der Waals surface area contributed by atoms with E-state index in [4.69, 9.17) is 0 Å². The molecule has 0 amide bonds. The monoisotopic (exact) mass is 264 g/mol. The summed E-state index contributed by atoms with van der Waals surface area (Å²) in [6, 6.07) is 2.56. The van der Waals surface area contributed by atoms with Crippen LogP contribution in [0.5, 0.6) is 0 Å². The third-order valence-electron chi connectivity index (χ3n) is 5.84. The highest BCUT2D eigenvalue weighted by Gasteiger charge is 2.36. The van der Waals surface area contributed by atoms with Gasteiger partial charge >= 0.3 is 0 Å². The molecule has 110 valence electrons. The standard InChI is InChI=1S/C17H32N2/c1-2-19(13-14-7-5-3-4-6-8-14)17-11-15-9-10-16(12-17)18-15/h14-18H,2-13H2,1H3. The minimum atomic E-state index is 0.840. The molecule has 1 N–H and O–H groups in total. The third kappa shape index (κ3) is 3.52. The first-order chi connectivity index (χ1) is 9.35. The maximum absolute atomic E-state index is 3.79. The van der Waals surface area contributed by atoms with Crippen LogP contribution in [0.4, 0.5) is 0 Å². The summed E-state index contributed by atoms with van der Waals surface area (Å²) in [5, 5.41) is 3.79. The van der Waals surface area contributed by atoms with Crippen LogP contribution in [0.1, 0.15) is 71.1 Å². The van der Waals surface area contributed by atoms with Crippen LogP contribution in [-0.2, 0) is 0 Å². The minimum Gasteiger partial charge on any atom is -0.311 e. The Morgan fingerprint density at radius 3 is 2.11 bits per heavy atom. The van der Waals surface area contributed by atoms with Gasteiger partial charge in [-0.15, -0.1) is 0 Å². The van der Waals surface area contributed by atoms with E-state index in [-0.39, 0.29) is 0 Å². The number of nitrogens with one attached hydrogen (secondary N) is 1. The lowest BCUT2D eigenvalue weighted by Gasteiger charge is -2.39. The van der Waals surface area contributed by atoms with Crippen molar-refractivity contribution in [3.05, 3.63) is 0 Å². The normalized spacial score (nSPS) is 36.6. The first-order valence-electron chi connectivity index (χ1n) is 8.85. The zero-order valence-corrected chi connectivity index (χ0v) is 12.7. The van der Waals surface area contributed by atoms with Gasteiger partial charge in [0.1, 0.15) is 0 Å². The summed E-state index contributed by atoms with van der Waals surface area (Å²) in [6.45, 7) is 5.03. The Morgan fingerprint density at radius 1 is 0.895 bits per heavy atom. The van der Waals surface area contributed by atoms with Crippen LogP contribution in [0.2, 0.25) is 0 Å². The first kappa shape index (κ1) is 13.9. The van der Waals surface area contributed by atoms with Crippen molar-refractivity contribution in [1.29, 1.82) is 0 Å². The van der Waals surface area contributed by atoms with Crippen molar-refractivity contribution in [3.63, 3.8) is 0 Å². The van der Waals surface area contributed by atoms with E-state index >= 15 is 0 Å². The summed E-state index contributed by atoms with van der Waals surface area (Å²) < 4.78 is 0. The molecule has 2 saturated heterocycles. The van der Waals surface area contributed by atoms with E-state index in [0.717, 1.165) is 24.0 Å². The Bertz CT molecular complexity index is 258. The molecule has 19 heavy (non-hydrogen) atoms. The summed E-state index contributed by atoms with van der Waals surface area (Å²) >= 11 is 0. The van der Waals surface area contributed by atoms with Crippen molar-refractivity contribution in [2.45, 2.75) is 89.3 Å². The molecule has 2 nitrogen and oxygen atoms in total. The van der Waals surface area contributed by atoms with E-state index in [1.165, 1.54) is 77.3 Å². The summed E-state index contributed by atoms with van der Waals surface area (Å²) in [5.41, 5.74) is 0. The number of nitrogens with zero attached hydrogens (tertiary/aromatic N) is 1. The van der Waals surface area contributed by atoms with Crippen molar-refractivity contribution in [3.8, 4) is 0 Å². The lowest BCUT2D eigenvalue weighted by atomic mass is 9.94. The predicted molar refractivity (Wildman–Crippen MR) is 81.4 cm³/mol. The molecule has 0 radical (unpaired) electrons. The molecule has 2 aliphatic heterocycles. The van der Waals surface area contributed by atoms with Crippen molar-refractivity contribution in [2.75, 3.05) is 13.1 Å². The molecule has 2 heteroatoms. The van der Waals surface area contributed by atoms with Crippen molar-refractivity contribution in [1.82, 2.24) is 10.2 Å². The maximum atomic E-state index is 3.79. The molecule has 3 aliphatic rings. The summed E-state index contributed by atoms with van der Waals surface area (Å²) in [6.07, 6.45) is 14.6. The quantitative estimate of drug-likeness (QED) is 0.781. The van der Waals surface area contributed by atoms with E-state index in [2.05, 4.69) is 17.1 Å². The van der Waals surface area contributed by atoms with E-state index in [9.17, 15) is 0 Å². The number of hydrogen-bond donors (Lipinski definition) is 1. The minimum absolute atomic E-state index is 0.840. The van der Waals surface area contributed by atoms with Crippen LogP contribution < -0.4 is 5.32 Å². The fourth-order valence-corrected chi connectivity index (χ4v) is 4.74. The van der Waals surface area contributed by atoms with Gasteiger partial charge in [-0.05, 0) is 51.0 Å². The molecular formula is C17H32N2. The lowest BCUT2D eigenvalue weighted by molar-refractivity contribution is 0.123. The number of piperidine rings is 1. The fourth-order valence-electron chi connectivity index (χ4n) is 4.74. The predicted octanol–water partition coefficient (Wildman–Crippen LogP) is 3.56. The first-order valence-corrected chi connectivity index (χ1v) is 8.85. The third-order valence-corrected chi connectivity index (χ3v) is 5.84. The van der Waals surface area contributed by atoms with Gasteiger partial charge in [0, 0.05) is 24.7 Å². The van der Waals surface area contributed by atoms with Crippen LogP contribution >= 0.6 is 0 Å². The fraction of sp³-hybridized carbons (Fsp3) is 1.00. The Morgan fingerprint density at radius 2 is 1.53 bits per heavy atom. The Hall–Kier alpha value is -0.0800. The van der Waals surface area contributed by atoms with Gasteiger partial charge in [0.2, 0.25) is 0 Å². The lowest BCUT2D eigenvalue weighted by Crippen LogP contribution is -2.49. The van der Waals surface area contributed by atoms with Gasteiger partial charge in [-0.25, -0.2) is 0 Å². The van der Waals surface area contributed by atoms with Crippen LogP contribution in [0, 0.1) is 5.92 Å². The highest BCUT2D eigenvalue weighted by atomic mass is 15.2. The second-order valence-electron chi connectivity index (χ2n) is 7.21. The van der Waals surface area contributed by atoms with Crippen molar-refractivity contribution < 1.29 is 0 Å². The van der Waals surface area contributed by atoms with E-state index in [1.807, 2.05) is 0 Å². The Balaban J connectivity index is 1.54. The SMILES string of the molecule is CCN(CC1CCCCCC1)C1CC2CCC(C1)N2. The summed E-state index contributed by atoms with van der Waals surface area (Å²) in [4.78, 5) is 2.84. The van der Waals surface area contributed by atoms with Gasteiger partial charge in [0.15, 0.2) is 0 Å².